The van der Waals surface area contributed by atoms with Crippen LogP contribution in [0, 0.1) is 6.92 Å². The molecule has 3 aromatic carbocycles. The minimum Gasteiger partial charge on any atom is -0.497 e. The third kappa shape index (κ3) is 4.95. The van der Waals surface area contributed by atoms with E-state index in [9.17, 15) is 4.79 Å². The van der Waals surface area contributed by atoms with Gasteiger partial charge in [-0.2, -0.15) is 9.78 Å². The second-order valence-electron chi connectivity index (χ2n) is 8.14. The van der Waals surface area contributed by atoms with E-state index >= 15 is 0 Å². The SMILES string of the molecule is COc1ccc([C@@H]2CC(c3ccccc3)=NN2C(=O)CSc2nnnn2-c2ccc(C)cc2)cc1. The van der Waals surface area contributed by atoms with E-state index in [2.05, 4.69) is 15.5 Å². The van der Waals surface area contributed by atoms with Crippen molar-refractivity contribution >= 4 is 23.4 Å². The standard InChI is InChI=1S/C26H24N6O2S/c1-18-8-12-21(13-9-18)31-26(27-29-30-31)35-17-25(33)32-24(20-10-14-22(34-2)15-11-20)16-23(28-32)19-6-4-3-5-7-19/h3-15,24H,16-17H2,1-2H3/t24-/m0/s1. The summed E-state index contributed by atoms with van der Waals surface area (Å²) in [6.45, 7) is 2.03. The molecular formula is C26H24N6O2S. The summed E-state index contributed by atoms with van der Waals surface area (Å²) in [6, 6.07) is 25.4. The summed E-state index contributed by atoms with van der Waals surface area (Å²) in [4.78, 5) is 13.4. The lowest BCUT2D eigenvalue weighted by Crippen LogP contribution is -2.28. The molecule has 0 fully saturated rings. The molecular weight excluding hydrogens is 460 g/mol. The summed E-state index contributed by atoms with van der Waals surface area (Å²) in [7, 11) is 1.64. The zero-order valence-corrected chi connectivity index (χ0v) is 20.2. The number of carbonyl (C=O) groups excluding carboxylic acids is 1. The maximum Gasteiger partial charge on any atom is 0.253 e. The molecule has 1 aliphatic heterocycles. The van der Waals surface area contributed by atoms with E-state index in [0.717, 1.165) is 33.8 Å². The molecule has 4 aromatic rings. The van der Waals surface area contributed by atoms with E-state index in [0.29, 0.717) is 11.6 Å². The Bertz CT molecular complexity index is 1340. The quantitative estimate of drug-likeness (QED) is 0.360. The Balaban J connectivity index is 1.37. The zero-order valence-electron chi connectivity index (χ0n) is 19.4. The van der Waals surface area contributed by atoms with E-state index in [1.807, 2.05) is 85.8 Å². The first-order chi connectivity index (χ1) is 17.1. The van der Waals surface area contributed by atoms with Crippen LogP contribution in [0.15, 0.2) is 89.1 Å². The number of hydrogen-bond donors (Lipinski definition) is 0. The molecule has 2 heterocycles. The maximum atomic E-state index is 13.4. The smallest absolute Gasteiger partial charge is 0.253 e. The molecule has 0 saturated heterocycles. The minimum absolute atomic E-state index is 0.111. The lowest BCUT2D eigenvalue weighted by Gasteiger charge is -2.22. The third-order valence-corrected chi connectivity index (χ3v) is 6.72. The molecule has 1 aliphatic rings. The van der Waals surface area contributed by atoms with Crippen LogP contribution in [0.2, 0.25) is 0 Å². The predicted molar refractivity (Wildman–Crippen MR) is 135 cm³/mol. The van der Waals surface area contributed by atoms with Crippen molar-refractivity contribution < 1.29 is 9.53 Å². The van der Waals surface area contributed by atoms with Crippen molar-refractivity contribution in [1.29, 1.82) is 0 Å². The van der Waals surface area contributed by atoms with Crippen LogP contribution < -0.4 is 4.74 Å². The number of nitrogens with zero attached hydrogens (tertiary/aromatic N) is 6. The highest BCUT2D eigenvalue weighted by molar-refractivity contribution is 7.99. The van der Waals surface area contributed by atoms with Crippen molar-refractivity contribution in [2.24, 2.45) is 5.10 Å². The molecule has 0 radical (unpaired) electrons. The van der Waals surface area contributed by atoms with Gasteiger partial charge in [0, 0.05) is 6.42 Å². The fourth-order valence-corrected chi connectivity index (χ4v) is 4.68. The number of amides is 1. The summed E-state index contributed by atoms with van der Waals surface area (Å²) in [5, 5.41) is 18.9. The van der Waals surface area contributed by atoms with Gasteiger partial charge in [-0.15, -0.1) is 5.10 Å². The number of hydrogen-bond acceptors (Lipinski definition) is 7. The fraction of sp³-hybridized carbons (Fsp3) is 0.192. The molecule has 0 saturated carbocycles. The highest BCUT2D eigenvalue weighted by Gasteiger charge is 2.33. The Morgan fingerprint density at radius 1 is 1.03 bits per heavy atom. The second-order valence-corrected chi connectivity index (χ2v) is 9.08. The average molecular weight is 485 g/mol. The van der Waals surface area contributed by atoms with E-state index < -0.39 is 0 Å². The monoisotopic (exact) mass is 484 g/mol. The number of thioether (sulfide) groups is 1. The molecule has 8 nitrogen and oxygen atoms in total. The highest BCUT2D eigenvalue weighted by atomic mass is 32.2. The van der Waals surface area contributed by atoms with E-state index in [1.165, 1.54) is 11.8 Å². The van der Waals surface area contributed by atoms with Crippen molar-refractivity contribution in [3.63, 3.8) is 0 Å². The molecule has 35 heavy (non-hydrogen) atoms. The van der Waals surface area contributed by atoms with Gasteiger partial charge in [0.15, 0.2) is 0 Å². The van der Waals surface area contributed by atoms with Crippen molar-refractivity contribution in [3.8, 4) is 11.4 Å². The fourth-order valence-electron chi connectivity index (χ4n) is 3.94. The van der Waals surface area contributed by atoms with Crippen LogP contribution in [0.4, 0.5) is 0 Å². The summed E-state index contributed by atoms with van der Waals surface area (Å²) in [6.07, 6.45) is 0.633. The van der Waals surface area contributed by atoms with Gasteiger partial charge in [-0.25, -0.2) is 5.01 Å². The zero-order chi connectivity index (χ0) is 24.2. The first-order valence-electron chi connectivity index (χ1n) is 11.2. The minimum atomic E-state index is -0.197. The predicted octanol–water partition coefficient (Wildman–Crippen LogP) is 4.45. The number of aromatic nitrogens is 4. The van der Waals surface area contributed by atoms with Gasteiger partial charge in [0.05, 0.1) is 30.3 Å². The lowest BCUT2D eigenvalue weighted by molar-refractivity contribution is -0.130. The van der Waals surface area contributed by atoms with Gasteiger partial charge in [0.25, 0.3) is 5.91 Å². The van der Waals surface area contributed by atoms with Crippen LogP contribution in [-0.4, -0.2) is 49.7 Å². The number of hydrazone groups is 1. The Kier molecular flexibility index (Phi) is 6.58. The molecule has 1 atom stereocenters. The van der Waals surface area contributed by atoms with Gasteiger partial charge in [0.1, 0.15) is 5.75 Å². The topological polar surface area (TPSA) is 85.5 Å². The molecule has 1 amide bonds. The molecule has 0 spiro atoms. The number of benzene rings is 3. The van der Waals surface area contributed by atoms with Gasteiger partial charge in [0.2, 0.25) is 5.16 Å². The molecule has 0 N–H and O–H groups in total. The van der Waals surface area contributed by atoms with Crippen LogP contribution in [0.25, 0.3) is 5.69 Å². The first-order valence-corrected chi connectivity index (χ1v) is 12.2. The molecule has 0 aliphatic carbocycles. The van der Waals surface area contributed by atoms with Crippen molar-refractivity contribution in [3.05, 3.63) is 95.6 Å². The summed E-state index contributed by atoms with van der Waals surface area (Å²) >= 11 is 1.29. The Morgan fingerprint density at radius 3 is 2.49 bits per heavy atom. The van der Waals surface area contributed by atoms with Gasteiger partial charge in [-0.3, -0.25) is 4.79 Å². The number of rotatable bonds is 7. The number of carbonyl (C=O) groups is 1. The molecule has 0 bridgehead atoms. The maximum absolute atomic E-state index is 13.4. The number of aryl methyl sites for hydroxylation is 1. The van der Waals surface area contributed by atoms with Gasteiger partial charge in [-0.1, -0.05) is 71.9 Å². The van der Waals surface area contributed by atoms with Gasteiger partial charge in [-0.05, 0) is 52.7 Å². The van der Waals surface area contributed by atoms with E-state index in [1.54, 1.807) is 16.8 Å². The van der Waals surface area contributed by atoms with Crippen LogP contribution in [0.3, 0.4) is 0 Å². The lowest BCUT2D eigenvalue weighted by atomic mass is 9.98. The number of methoxy groups -OCH3 is 1. The van der Waals surface area contributed by atoms with Crippen LogP contribution >= 0.6 is 11.8 Å². The van der Waals surface area contributed by atoms with Crippen molar-refractivity contribution in [2.45, 2.75) is 24.5 Å². The summed E-state index contributed by atoms with van der Waals surface area (Å²) in [5.74, 6) is 0.817. The molecule has 5 rings (SSSR count). The Labute approximate surface area is 207 Å². The average Bonchev–Trinajstić information content (AvgIpc) is 3.56. The van der Waals surface area contributed by atoms with Crippen molar-refractivity contribution in [1.82, 2.24) is 25.2 Å². The summed E-state index contributed by atoms with van der Waals surface area (Å²) in [5.41, 5.74) is 4.89. The third-order valence-electron chi connectivity index (χ3n) is 5.82. The Hall–Kier alpha value is -3.98. The Morgan fingerprint density at radius 2 is 1.77 bits per heavy atom. The van der Waals surface area contributed by atoms with Crippen molar-refractivity contribution in [2.75, 3.05) is 12.9 Å². The molecule has 176 valence electrons. The first kappa shape index (κ1) is 22.8. The van der Waals surface area contributed by atoms with Crippen LogP contribution in [0.5, 0.6) is 5.75 Å². The number of tetrazole rings is 1. The molecule has 9 heteroatoms. The largest absolute Gasteiger partial charge is 0.497 e. The van der Waals surface area contributed by atoms with E-state index in [4.69, 9.17) is 9.84 Å². The second kappa shape index (κ2) is 10.1. The van der Waals surface area contributed by atoms with Gasteiger partial charge >= 0.3 is 0 Å². The van der Waals surface area contributed by atoms with Crippen LogP contribution in [-0.2, 0) is 4.79 Å². The normalized spacial score (nSPS) is 15.2. The number of ether oxygens (including phenoxy) is 1. The summed E-state index contributed by atoms with van der Waals surface area (Å²) < 4.78 is 6.94. The highest BCUT2D eigenvalue weighted by Crippen LogP contribution is 2.34. The van der Waals surface area contributed by atoms with Gasteiger partial charge < -0.3 is 4.74 Å². The van der Waals surface area contributed by atoms with Crippen LogP contribution in [0.1, 0.15) is 29.2 Å². The molecule has 0 unspecified atom stereocenters. The molecule has 1 aromatic heterocycles. The van der Waals surface area contributed by atoms with E-state index in [-0.39, 0.29) is 17.7 Å².